The van der Waals surface area contributed by atoms with Crippen molar-refractivity contribution in [1.82, 2.24) is 10.6 Å². The van der Waals surface area contributed by atoms with E-state index in [0.717, 1.165) is 13.1 Å². The third-order valence-electron chi connectivity index (χ3n) is 1.44. The zero-order chi connectivity index (χ0) is 9.83. The molecule has 0 aliphatic carbocycles. The van der Waals surface area contributed by atoms with E-state index in [4.69, 9.17) is 0 Å². The average Bonchev–Trinajstić information content (AvgIpc) is 1.76. The topological polar surface area (TPSA) is 24.1 Å². The van der Waals surface area contributed by atoms with E-state index in [9.17, 15) is 0 Å². The summed E-state index contributed by atoms with van der Waals surface area (Å²) in [6, 6.07) is 0. The summed E-state index contributed by atoms with van der Waals surface area (Å²) in [5.41, 5.74) is 0.471. The molecule has 0 aromatic rings. The van der Waals surface area contributed by atoms with Crippen LogP contribution >= 0.6 is 0 Å². The van der Waals surface area contributed by atoms with E-state index >= 15 is 0 Å². The monoisotopic (exact) mass is 180 g/mol. The summed E-state index contributed by atoms with van der Waals surface area (Å²) in [5.74, 6) is 0. The molecule has 0 saturated heterocycles. The van der Waals surface area contributed by atoms with Gasteiger partial charge in [0, 0.05) is 24.2 Å². The molecule has 0 aliphatic rings. The van der Waals surface area contributed by atoms with E-state index in [1.807, 2.05) is 0 Å². The van der Waals surface area contributed by atoms with Crippen LogP contribution in [0.3, 0.4) is 0 Å². The van der Waals surface area contributed by atoms with Crippen molar-refractivity contribution in [3.05, 3.63) is 0 Å². The zero-order valence-corrected chi connectivity index (χ0v) is 9.41. The van der Waals surface area contributed by atoms with Gasteiger partial charge in [0.1, 0.15) is 0 Å². The van der Waals surface area contributed by atoms with E-state index in [-0.39, 0.29) is 29.9 Å². The molecule has 13 heavy (non-hydrogen) atoms. The molecule has 0 rings (SSSR count). The minimum absolute atomic E-state index is 0. The molecule has 0 aliphatic heterocycles. The molecular formula is C10H25LiN2. The Morgan fingerprint density at radius 3 is 1.08 bits per heavy atom. The van der Waals surface area contributed by atoms with Crippen LogP contribution in [-0.2, 0) is 0 Å². The van der Waals surface area contributed by atoms with Crippen LogP contribution in [0.5, 0.6) is 0 Å². The Balaban J connectivity index is 0. The summed E-state index contributed by atoms with van der Waals surface area (Å²) in [5, 5.41) is 6.86. The fourth-order valence-corrected chi connectivity index (χ4v) is 0.875. The summed E-state index contributed by atoms with van der Waals surface area (Å²) in [4.78, 5) is 0. The quantitative estimate of drug-likeness (QED) is 0.502. The van der Waals surface area contributed by atoms with Crippen LogP contribution in [0.2, 0.25) is 0 Å². The van der Waals surface area contributed by atoms with Crippen molar-refractivity contribution in [3.8, 4) is 0 Å². The van der Waals surface area contributed by atoms with Gasteiger partial charge in [-0.25, -0.2) is 0 Å². The molecule has 2 N–H and O–H groups in total. The molecule has 0 amide bonds. The average molecular weight is 180 g/mol. The predicted octanol–water partition coefficient (Wildman–Crippen LogP) is 1.11. The van der Waals surface area contributed by atoms with Gasteiger partial charge in [0.15, 0.2) is 0 Å². The first-order valence-electron chi connectivity index (χ1n) is 4.71. The van der Waals surface area contributed by atoms with E-state index in [1.165, 1.54) is 0 Å². The Hall–Kier alpha value is 0.517. The third-order valence-corrected chi connectivity index (χ3v) is 1.44. The summed E-state index contributed by atoms with van der Waals surface area (Å²) in [6.07, 6.45) is 0. The van der Waals surface area contributed by atoms with Crippen LogP contribution in [0.1, 0.15) is 41.5 Å². The van der Waals surface area contributed by atoms with Gasteiger partial charge in [-0.15, -0.1) is 0 Å². The van der Waals surface area contributed by atoms with Gasteiger partial charge in [-0.05, 0) is 41.5 Å². The van der Waals surface area contributed by atoms with Gasteiger partial charge in [0.25, 0.3) is 0 Å². The first-order valence-corrected chi connectivity index (χ1v) is 4.71. The number of nitrogens with one attached hydrogen (secondary N) is 2. The van der Waals surface area contributed by atoms with Crippen molar-refractivity contribution in [2.24, 2.45) is 0 Å². The molecule has 0 bridgehead atoms. The Morgan fingerprint density at radius 1 is 0.692 bits per heavy atom. The maximum absolute atomic E-state index is 3.43. The maximum atomic E-state index is 3.43. The first-order chi connectivity index (χ1) is 5.21. The molecule has 3 heteroatoms. The standard InChI is InChI=1S/C10H24N2.Li.H/c1-9(2,3)11-7-8-12-10(4,5)6;;/h11-12H,7-8H2,1-6H3;;. The molecule has 0 fully saturated rings. The Labute approximate surface area is 95.4 Å². The van der Waals surface area contributed by atoms with Crippen molar-refractivity contribution >= 4 is 18.9 Å². The SMILES string of the molecule is CC(C)(C)NCCNC(C)(C)C.[LiH]. The van der Waals surface area contributed by atoms with E-state index in [1.54, 1.807) is 0 Å². The van der Waals surface area contributed by atoms with Gasteiger partial charge >= 0.3 is 18.9 Å². The van der Waals surface area contributed by atoms with Crippen LogP contribution in [0.4, 0.5) is 0 Å². The molecule has 0 aromatic carbocycles. The molecule has 0 aromatic heterocycles. The van der Waals surface area contributed by atoms with Gasteiger partial charge in [-0.1, -0.05) is 0 Å². The van der Waals surface area contributed by atoms with Crippen molar-refractivity contribution < 1.29 is 0 Å². The van der Waals surface area contributed by atoms with Crippen LogP contribution in [0, 0.1) is 0 Å². The molecular weight excluding hydrogens is 155 g/mol. The van der Waals surface area contributed by atoms with Crippen LogP contribution in [0.15, 0.2) is 0 Å². The van der Waals surface area contributed by atoms with Crippen molar-refractivity contribution in [2.45, 2.75) is 52.6 Å². The van der Waals surface area contributed by atoms with Crippen LogP contribution < -0.4 is 10.6 Å². The van der Waals surface area contributed by atoms with Crippen molar-refractivity contribution in [2.75, 3.05) is 13.1 Å². The number of rotatable bonds is 3. The van der Waals surface area contributed by atoms with Crippen molar-refractivity contribution in [1.29, 1.82) is 0 Å². The molecule has 0 spiro atoms. The van der Waals surface area contributed by atoms with Gasteiger partial charge in [-0.3, -0.25) is 0 Å². The summed E-state index contributed by atoms with van der Waals surface area (Å²) in [7, 11) is 0. The summed E-state index contributed by atoms with van der Waals surface area (Å²) in [6.45, 7) is 15.2. The second-order valence-corrected chi connectivity index (χ2v) is 5.35. The molecule has 0 unspecified atom stereocenters. The summed E-state index contributed by atoms with van der Waals surface area (Å²) >= 11 is 0. The minimum atomic E-state index is 0. The fourth-order valence-electron chi connectivity index (χ4n) is 0.875. The second kappa shape index (κ2) is 6.09. The Morgan fingerprint density at radius 2 is 0.923 bits per heavy atom. The summed E-state index contributed by atoms with van der Waals surface area (Å²) < 4.78 is 0. The van der Waals surface area contributed by atoms with Crippen molar-refractivity contribution in [3.63, 3.8) is 0 Å². The molecule has 0 atom stereocenters. The van der Waals surface area contributed by atoms with Gasteiger partial charge in [0.05, 0.1) is 0 Å². The zero-order valence-electron chi connectivity index (χ0n) is 9.41. The molecule has 0 radical (unpaired) electrons. The van der Waals surface area contributed by atoms with E-state index < -0.39 is 0 Å². The Kier molecular flexibility index (Phi) is 7.47. The van der Waals surface area contributed by atoms with E-state index in [2.05, 4.69) is 52.2 Å². The molecule has 0 heterocycles. The van der Waals surface area contributed by atoms with Gasteiger partial charge in [0.2, 0.25) is 0 Å². The number of hydrogen-bond acceptors (Lipinski definition) is 2. The third kappa shape index (κ3) is 15.3. The second-order valence-electron chi connectivity index (χ2n) is 5.35. The van der Waals surface area contributed by atoms with Gasteiger partial charge < -0.3 is 10.6 Å². The normalized spacial score (nSPS) is 12.5. The fraction of sp³-hybridized carbons (Fsp3) is 1.00. The van der Waals surface area contributed by atoms with Gasteiger partial charge in [-0.2, -0.15) is 0 Å². The number of hydrogen-bond donors (Lipinski definition) is 2. The molecule has 0 saturated carbocycles. The first kappa shape index (κ1) is 16.0. The Bertz CT molecular complexity index is 106. The van der Waals surface area contributed by atoms with Crippen LogP contribution in [-0.4, -0.2) is 43.0 Å². The molecule has 76 valence electrons. The van der Waals surface area contributed by atoms with Crippen LogP contribution in [0.25, 0.3) is 0 Å². The molecule has 2 nitrogen and oxygen atoms in total. The van der Waals surface area contributed by atoms with E-state index in [0.29, 0.717) is 0 Å². The predicted molar refractivity (Wildman–Crippen MR) is 62.7 cm³/mol.